The third kappa shape index (κ3) is 2.31. The van der Waals surface area contributed by atoms with Crippen LogP contribution < -0.4 is 5.32 Å². The first-order chi connectivity index (χ1) is 9.13. The van der Waals surface area contributed by atoms with Crippen LogP contribution in [0.4, 0.5) is 15.2 Å². The molecule has 1 heterocycles. The van der Waals surface area contributed by atoms with Crippen molar-refractivity contribution in [3.63, 3.8) is 0 Å². The van der Waals surface area contributed by atoms with E-state index in [1.54, 1.807) is 17.4 Å². The quantitative estimate of drug-likeness (QED) is 0.725. The van der Waals surface area contributed by atoms with E-state index in [9.17, 15) is 4.39 Å². The van der Waals surface area contributed by atoms with Crippen molar-refractivity contribution < 1.29 is 4.39 Å². The van der Waals surface area contributed by atoms with Gasteiger partial charge in [-0.3, -0.25) is 0 Å². The first-order valence-electron chi connectivity index (χ1n) is 6.03. The first-order valence-corrected chi connectivity index (χ1v) is 6.84. The van der Waals surface area contributed by atoms with Crippen LogP contribution in [-0.2, 0) is 0 Å². The normalized spacial score (nSPS) is 10.9. The van der Waals surface area contributed by atoms with Crippen LogP contribution in [0.5, 0.6) is 0 Å². The van der Waals surface area contributed by atoms with Crippen LogP contribution in [0.25, 0.3) is 10.2 Å². The number of halogens is 1. The number of thiazole rings is 1. The predicted octanol–water partition coefficient (Wildman–Crippen LogP) is 4.80. The highest BCUT2D eigenvalue weighted by molar-refractivity contribution is 7.22. The summed E-state index contributed by atoms with van der Waals surface area (Å²) in [5.74, 6) is -0.219. The fourth-order valence-electron chi connectivity index (χ4n) is 2.02. The van der Waals surface area contributed by atoms with Crippen LogP contribution in [0.3, 0.4) is 0 Å². The molecule has 3 rings (SSSR count). The van der Waals surface area contributed by atoms with Gasteiger partial charge in [0.1, 0.15) is 5.82 Å². The lowest BCUT2D eigenvalue weighted by Gasteiger charge is -2.05. The van der Waals surface area contributed by atoms with Crippen molar-refractivity contribution in [2.75, 3.05) is 5.32 Å². The fraction of sp³-hybridized carbons (Fsp3) is 0.133. The lowest BCUT2D eigenvalue weighted by Crippen LogP contribution is -1.93. The van der Waals surface area contributed by atoms with Crippen LogP contribution in [0, 0.1) is 19.7 Å². The van der Waals surface area contributed by atoms with Crippen molar-refractivity contribution >= 4 is 32.4 Å². The molecule has 0 amide bonds. The molecule has 4 heteroatoms. The Kier molecular flexibility index (Phi) is 2.95. The Morgan fingerprint density at radius 1 is 1.11 bits per heavy atom. The standard InChI is InChI=1S/C15H13FN2S/c1-9-4-3-5-13-14(9)18-15(19-13)17-12-7-6-11(16)8-10(12)2/h3-8H,1-2H3,(H,17,18). The molecule has 19 heavy (non-hydrogen) atoms. The Morgan fingerprint density at radius 2 is 1.95 bits per heavy atom. The average molecular weight is 272 g/mol. The molecular weight excluding hydrogens is 259 g/mol. The number of benzene rings is 2. The SMILES string of the molecule is Cc1cc(F)ccc1Nc1nc2c(C)cccc2s1. The molecule has 1 N–H and O–H groups in total. The van der Waals surface area contributed by atoms with Gasteiger partial charge in [-0.1, -0.05) is 23.5 Å². The maximum Gasteiger partial charge on any atom is 0.188 e. The van der Waals surface area contributed by atoms with Crippen LogP contribution in [-0.4, -0.2) is 4.98 Å². The largest absolute Gasteiger partial charge is 0.331 e. The summed E-state index contributed by atoms with van der Waals surface area (Å²) in [6, 6.07) is 10.8. The average Bonchev–Trinajstić information content (AvgIpc) is 2.77. The van der Waals surface area contributed by atoms with Crippen LogP contribution >= 0.6 is 11.3 Å². The van der Waals surface area contributed by atoms with Crippen molar-refractivity contribution in [1.29, 1.82) is 0 Å². The second-order valence-electron chi connectivity index (χ2n) is 4.52. The van der Waals surface area contributed by atoms with Crippen molar-refractivity contribution in [3.05, 3.63) is 53.3 Å². The van der Waals surface area contributed by atoms with Gasteiger partial charge in [0.15, 0.2) is 5.13 Å². The van der Waals surface area contributed by atoms with Gasteiger partial charge in [-0.15, -0.1) is 0 Å². The topological polar surface area (TPSA) is 24.9 Å². The van der Waals surface area contributed by atoms with Crippen LogP contribution in [0.1, 0.15) is 11.1 Å². The number of fused-ring (bicyclic) bond motifs is 1. The highest BCUT2D eigenvalue weighted by atomic mass is 32.1. The van der Waals surface area contributed by atoms with E-state index in [-0.39, 0.29) is 5.82 Å². The Balaban J connectivity index is 1.99. The zero-order chi connectivity index (χ0) is 13.4. The molecule has 0 saturated carbocycles. The van der Waals surface area contributed by atoms with E-state index in [0.29, 0.717) is 0 Å². The Morgan fingerprint density at radius 3 is 2.68 bits per heavy atom. The minimum absolute atomic E-state index is 0.219. The third-order valence-electron chi connectivity index (χ3n) is 3.05. The molecule has 0 atom stereocenters. The number of nitrogens with zero attached hydrogens (tertiary/aromatic N) is 1. The fourth-order valence-corrected chi connectivity index (χ4v) is 2.98. The number of hydrogen-bond acceptors (Lipinski definition) is 3. The van der Waals surface area contributed by atoms with Gasteiger partial charge in [0.05, 0.1) is 10.2 Å². The van der Waals surface area contributed by atoms with E-state index in [1.807, 2.05) is 13.0 Å². The summed E-state index contributed by atoms with van der Waals surface area (Å²) in [4.78, 5) is 4.58. The number of rotatable bonds is 2. The van der Waals surface area contributed by atoms with E-state index >= 15 is 0 Å². The van der Waals surface area contributed by atoms with Gasteiger partial charge in [-0.2, -0.15) is 0 Å². The molecule has 2 aromatic carbocycles. The maximum absolute atomic E-state index is 13.1. The molecule has 0 bridgehead atoms. The molecule has 0 aliphatic rings. The molecule has 0 saturated heterocycles. The first kappa shape index (κ1) is 12.1. The van der Waals surface area contributed by atoms with Crippen LogP contribution in [0.15, 0.2) is 36.4 Å². The molecular formula is C15H13FN2S. The summed E-state index contributed by atoms with van der Waals surface area (Å²) in [6.45, 7) is 3.93. The van der Waals surface area contributed by atoms with Gasteiger partial charge in [0.2, 0.25) is 0 Å². The number of anilines is 2. The van der Waals surface area contributed by atoms with Crippen molar-refractivity contribution in [1.82, 2.24) is 4.98 Å². The molecule has 3 aromatic rings. The number of hydrogen-bond donors (Lipinski definition) is 1. The zero-order valence-corrected chi connectivity index (χ0v) is 11.5. The number of aryl methyl sites for hydroxylation is 2. The van der Waals surface area contributed by atoms with Gasteiger partial charge < -0.3 is 5.32 Å². The maximum atomic E-state index is 13.1. The summed E-state index contributed by atoms with van der Waals surface area (Å²) in [6.07, 6.45) is 0. The molecule has 0 radical (unpaired) electrons. The zero-order valence-electron chi connectivity index (χ0n) is 10.7. The Bertz CT molecular complexity index is 749. The second kappa shape index (κ2) is 4.63. The monoisotopic (exact) mass is 272 g/mol. The van der Waals surface area contributed by atoms with Crippen LogP contribution in [0.2, 0.25) is 0 Å². The Labute approximate surface area is 114 Å². The van der Waals surface area contributed by atoms with Crippen molar-refractivity contribution in [3.8, 4) is 0 Å². The molecule has 1 aromatic heterocycles. The lowest BCUT2D eigenvalue weighted by molar-refractivity contribution is 0.627. The predicted molar refractivity (Wildman–Crippen MR) is 78.8 cm³/mol. The van der Waals surface area contributed by atoms with Crippen molar-refractivity contribution in [2.45, 2.75) is 13.8 Å². The molecule has 0 aliphatic carbocycles. The second-order valence-corrected chi connectivity index (χ2v) is 5.56. The van der Waals surface area contributed by atoms with Gasteiger partial charge in [0, 0.05) is 5.69 Å². The van der Waals surface area contributed by atoms with Gasteiger partial charge >= 0.3 is 0 Å². The minimum atomic E-state index is -0.219. The lowest BCUT2D eigenvalue weighted by atomic mass is 10.2. The summed E-state index contributed by atoms with van der Waals surface area (Å²) < 4.78 is 14.2. The molecule has 0 fully saturated rings. The van der Waals surface area contributed by atoms with Gasteiger partial charge in [-0.05, 0) is 49.2 Å². The molecule has 2 nitrogen and oxygen atoms in total. The third-order valence-corrected chi connectivity index (χ3v) is 3.99. The van der Waals surface area contributed by atoms with E-state index in [0.717, 1.165) is 32.2 Å². The highest BCUT2D eigenvalue weighted by Crippen LogP contribution is 2.30. The van der Waals surface area contributed by atoms with Gasteiger partial charge in [-0.25, -0.2) is 9.37 Å². The number of aromatic nitrogens is 1. The number of nitrogens with one attached hydrogen (secondary N) is 1. The summed E-state index contributed by atoms with van der Waals surface area (Å²) in [5, 5.41) is 4.09. The molecule has 0 unspecified atom stereocenters. The van der Waals surface area contributed by atoms with E-state index < -0.39 is 0 Å². The summed E-state index contributed by atoms with van der Waals surface area (Å²) >= 11 is 1.60. The minimum Gasteiger partial charge on any atom is -0.331 e. The molecule has 0 aliphatic heterocycles. The summed E-state index contributed by atoms with van der Waals surface area (Å²) in [7, 11) is 0. The molecule has 96 valence electrons. The van der Waals surface area contributed by atoms with Gasteiger partial charge in [0.25, 0.3) is 0 Å². The van der Waals surface area contributed by atoms with Crippen molar-refractivity contribution in [2.24, 2.45) is 0 Å². The molecule has 0 spiro atoms. The van der Waals surface area contributed by atoms with E-state index in [4.69, 9.17) is 0 Å². The number of para-hydroxylation sites is 1. The van der Waals surface area contributed by atoms with E-state index in [2.05, 4.69) is 29.4 Å². The smallest absolute Gasteiger partial charge is 0.188 e. The highest BCUT2D eigenvalue weighted by Gasteiger charge is 2.07. The summed E-state index contributed by atoms with van der Waals surface area (Å²) in [5.41, 5.74) is 3.95. The Hall–Kier alpha value is -1.94. The van der Waals surface area contributed by atoms with E-state index in [1.165, 1.54) is 12.1 Å².